The van der Waals surface area contributed by atoms with E-state index in [1.54, 1.807) is 0 Å². The van der Waals surface area contributed by atoms with Gasteiger partial charge >= 0.3 is 6.03 Å². The number of urea groups is 1. The van der Waals surface area contributed by atoms with Gasteiger partial charge in [-0.1, -0.05) is 48.5 Å². The zero-order valence-corrected chi connectivity index (χ0v) is 20.4. The van der Waals surface area contributed by atoms with Crippen LogP contribution in [0.5, 0.6) is 5.75 Å². The first-order chi connectivity index (χ1) is 17.7. The Morgan fingerprint density at radius 2 is 1.67 bits per heavy atom. The van der Waals surface area contributed by atoms with Crippen LogP contribution in [0.4, 0.5) is 16.2 Å². The van der Waals surface area contributed by atoms with Crippen LogP contribution < -0.4 is 15.4 Å². The second-order valence-corrected chi connectivity index (χ2v) is 8.64. The summed E-state index contributed by atoms with van der Waals surface area (Å²) in [6.45, 7) is 6.70. The van der Waals surface area contributed by atoms with E-state index < -0.39 is 0 Å². The molecule has 0 bridgehead atoms. The monoisotopic (exact) mass is 482 g/mol. The molecule has 5 rings (SSSR count). The second-order valence-electron chi connectivity index (χ2n) is 8.64. The van der Waals surface area contributed by atoms with Gasteiger partial charge in [-0.2, -0.15) is 0 Å². The smallest absolute Gasteiger partial charge is 0.323 e. The quantitative estimate of drug-likeness (QED) is 0.349. The van der Waals surface area contributed by atoms with Crippen LogP contribution in [0.1, 0.15) is 12.6 Å². The average Bonchev–Trinajstić information content (AvgIpc) is 2.91. The standard InChI is InChI=1S/C29H30N4O3/c1-2-36-28-10-6-5-9-27(28)32-29(34)31-26-14-13-23(24-7-3-4-8-25(24)26)21-11-12-22(30-19-21)20-33-15-17-35-18-16-33/h3-14,19H,2,15-18,20H2,1H3,(H2,31,32,34). The Labute approximate surface area is 211 Å². The summed E-state index contributed by atoms with van der Waals surface area (Å²) >= 11 is 0. The predicted molar refractivity (Wildman–Crippen MR) is 144 cm³/mol. The number of para-hydroxylation sites is 2. The van der Waals surface area contributed by atoms with Crippen molar-refractivity contribution in [1.29, 1.82) is 0 Å². The van der Waals surface area contributed by atoms with Crippen molar-refractivity contribution >= 4 is 28.2 Å². The number of ether oxygens (including phenoxy) is 2. The summed E-state index contributed by atoms with van der Waals surface area (Å²) < 4.78 is 11.1. The molecule has 7 nitrogen and oxygen atoms in total. The Hall–Kier alpha value is -3.94. The molecule has 0 unspecified atom stereocenters. The number of benzene rings is 3. The van der Waals surface area contributed by atoms with Gasteiger partial charge in [0.15, 0.2) is 0 Å². The van der Waals surface area contributed by atoms with Crippen LogP contribution in [0.25, 0.3) is 21.9 Å². The van der Waals surface area contributed by atoms with Gasteiger partial charge in [0, 0.05) is 36.8 Å². The molecular formula is C29H30N4O3. The molecule has 1 aliphatic rings. The van der Waals surface area contributed by atoms with E-state index in [4.69, 9.17) is 14.5 Å². The second kappa shape index (κ2) is 11.2. The summed E-state index contributed by atoms with van der Waals surface area (Å²) in [6, 6.07) is 23.3. The highest BCUT2D eigenvalue weighted by Gasteiger charge is 2.14. The maximum atomic E-state index is 12.8. The van der Waals surface area contributed by atoms with Crippen LogP contribution in [0.15, 0.2) is 79.0 Å². The van der Waals surface area contributed by atoms with Gasteiger partial charge in [-0.15, -0.1) is 0 Å². The zero-order valence-electron chi connectivity index (χ0n) is 20.4. The van der Waals surface area contributed by atoms with Gasteiger partial charge in [0.1, 0.15) is 5.75 Å². The molecule has 0 atom stereocenters. The molecule has 4 aromatic rings. The molecule has 1 aromatic heterocycles. The molecule has 2 amide bonds. The van der Waals surface area contributed by atoms with Gasteiger partial charge < -0.3 is 20.1 Å². The first-order valence-corrected chi connectivity index (χ1v) is 12.3. The van der Waals surface area contributed by atoms with E-state index in [0.29, 0.717) is 18.0 Å². The average molecular weight is 483 g/mol. The third kappa shape index (κ3) is 5.48. The first-order valence-electron chi connectivity index (χ1n) is 12.3. The molecule has 1 saturated heterocycles. The van der Waals surface area contributed by atoms with Crippen molar-refractivity contribution in [1.82, 2.24) is 9.88 Å². The largest absolute Gasteiger partial charge is 0.492 e. The number of carbonyl (C=O) groups excluding carboxylic acids is 1. The lowest BCUT2D eigenvalue weighted by atomic mass is 9.98. The van der Waals surface area contributed by atoms with Crippen LogP contribution in [0.3, 0.4) is 0 Å². The number of hydrogen-bond acceptors (Lipinski definition) is 5. The number of aromatic nitrogens is 1. The number of hydrogen-bond donors (Lipinski definition) is 2. The van der Waals surface area contributed by atoms with E-state index >= 15 is 0 Å². The van der Waals surface area contributed by atoms with Crippen LogP contribution in [-0.4, -0.2) is 48.8 Å². The Morgan fingerprint density at radius 3 is 2.44 bits per heavy atom. The minimum atomic E-state index is -0.325. The van der Waals surface area contributed by atoms with Crippen molar-refractivity contribution in [3.63, 3.8) is 0 Å². The van der Waals surface area contributed by atoms with Gasteiger partial charge in [-0.25, -0.2) is 4.79 Å². The summed E-state index contributed by atoms with van der Waals surface area (Å²) in [4.78, 5) is 19.9. The maximum absolute atomic E-state index is 12.8. The molecule has 7 heteroatoms. The highest BCUT2D eigenvalue weighted by molar-refractivity contribution is 6.10. The van der Waals surface area contributed by atoms with Crippen molar-refractivity contribution < 1.29 is 14.3 Å². The van der Waals surface area contributed by atoms with Crippen LogP contribution in [0, 0.1) is 0 Å². The van der Waals surface area contributed by atoms with Crippen LogP contribution in [-0.2, 0) is 11.3 Å². The molecule has 0 saturated carbocycles. The Balaban J connectivity index is 1.35. The molecule has 3 aromatic carbocycles. The summed E-state index contributed by atoms with van der Waals surface area (Å²) in [5.41, 5.74) is 4.52. The molecule has 2 N–H and O–H groups in total. The number of fused-ring (bicyclic) bond motifs is 1. The lowest BCUT2D eigenvalue weighted by Gasteiger charge is -2.26. The molecule has 1 fully saturated rings. The minimum absolute atomic E-state index is 0.325. The van der Waals surface area contributed by atoms with Gasteiger partial charge in [0.25, 0.3) is 0 Å². The van der Waals surface area contributed by atoms with E-state index in [2.05, 4.69) is 33.7 Å². The summed E-state index contributed by atoms with van der Waals surface area (Å²) in [5.74, 6) is 0.639. The topological polar surface area (TPSA) is 75.7 Å². The molecule has 0 spiro atoms. The maximum Gasteiger partial charge on any atom is 0.323 e. The lowest BCUT2D eigenvalue weighted by molar-refractivity contribution is 0.0336. The Kier molecular flexibility index (Phi) is 7.40. The molecule has 2 heterocycles. The third-order valence-electron chi connectivity index (χ3n) is 6.23. The minimum Gasteiger partial charge on any atom is -0.492 e. The van der Waals surface area contributed by atoms with E-state index in [-0.39, 0.29) is 6.03 Å². The van der Waals surface area contributed by atoms with Gasteiger partial charge in [0.2, 0.25) is 0 Å². The number of rotatable bonds is 7. The number of nitrogens with one attached hydrogen (secondary N) is 2. The molecule has 184 valence electrons. The summed E-state index contributed by atoms with van der Waals surface area (Å²) in [6.07, 6.45) is 1.93. The fourth-order valence-electron chi connectivity index (χ4n) is 4.45. The predicted octanol–water partition coefficient (Wildman–Crippen LogP) is 5.78. The van der Waals surface area contributed by atoms with Gasteiger partial charge in [-0.3, -0.25) is 9.88 Å². The number of carbonyl (C=O) groups is 1. The van der Waals surface area contributed by atoms with E-state index in [9.17, 15) is 4.79 Å². The van der Waals surface area contributed by atoms with Gasteiger partial charge in [-0.05, 0) is 42.1 Å². The van der Waals surface area contributed by atoms with Crippen molar-refractivity contribution in [3.8, 4) is 16.9 Å². The van der Waals surface area contributed by atoms with E-state index in [1.165, 1.54) is 0 Å². The summed E-state index contributed by atoms with van der Waals surface area (Å²) in [5, 5.41) is 7.90. The lowest BCUT2D eigenvalue weighted by Crippen LogP contribution is -2.35. The zero-order chi connectivity index (χ0) is 24.7. The molecule has 1 aliphatic heterocycles. The third-order valence-corrected chi connectivity index (χ3v) is 6.23. The summed E-state index contributed by atoms with van der Waals surface area (Å²) in [7, 11) is 0. The Morgan fingerprint density at radius 1 is 0.917 bits per heavy atom. The normalized spacial score (nSPS) is 13.9. The van der Waals surface area contributed by atoms with Crippen molar-refractivity contribution in [2.75, 3.05) is 43.5 Å². The number of morpholine rings is 1. The van der Waals surface area contributed by atoms with E-state index in [0.717, 1.165) is 66.1 Å². The first kappa shape index (κ1) is 23.8. The van der Waals surface area contributed by atoms with Crippen LogP contribution in [0.2, 0.25) is 0 Å². The number of pyridine rings is 1. The SMILES string of the molecule is CCOc1ccccc1NC(=O)Nc1ccc(-c2ccc(CN3CCOCC3)nc2)c2ccccc12. The fraction of sp³-hybridized carbons (Fsp3) is 0.241. The Bertz CT molecular complexity index is 1330. The highest BCUT2D eigenvalue weighted by atomic mass is 16.5. The van der Waals surface area contributed by atoms with E-state index in [1.807, 2.05) is 67.7 Å². The highest BCUT2D eigenvalue weighted by Crippen LogP contribution is 2.33. The van der Waals surface area contributed by atoms with Gasteiger partial charge in [0.05, 0.1) is 36.9 Å². The van der Waals surface area contributed by atoms with Crippen molar-refractivity contribution in [2.24, 2.45) is 0 Å². The number of amides is 2. The fourth-order valence-corrected chi connectivity index (χ4v) is 4.45. The van der Waals surface area contributed by atoms with Crippen molar-refractivity contribution in [3.05, 3.63) is 84.7 Å². The number of nitrogens with zero attached hydrogens (tertiary/aromatic N) is 2. The van der Waals surface area contributed by atoms with Crippen LogP contribution >= 0.6 is 0 Å². The number of anilines is 2. The molecule has 0 radical (unpaired) electrons. The molecular weight excluding hydrogens is 452 g/mol. The molecule has 0 aliphatic carbocycles. The molecule has 36 heavy (non-hydrogen) atoms. The van der Waals surface area contributed by atoms with Crippen molar-refractivity contribution in [2.45, 2.75) is 13.5 Å².